The number of amides is 1. The number of alkyl halides is 2. The summed E-state index contributed by atoms with van der Waals surface area (Å²) in [6.07, 6.45) is 1.89. The number of thioether (sulfide) groups is 1. The normalized spacial score (nSPS) is 10.5. The molecule has 3 nitrogen and oxygen atoms in total. The largest absolute Gasteiger partial charge is 0.434 e. The fourth-order valence-corrected chi connectivity index (χ4v) is 2.34. The van der Waals surface area contributed by atoms with Crippen LogP contribution in [-0.2, 0) is 0 Å². The third kappa shape index (κ3) is 3.95. The molecule has 0 aliphatic heterocycles. The number of hydrogen-bond donors (Lipinski definition) is 1. The van der Waals surface area contributed by atoms with E-state index in [1.54, 1.807) is 18.2 Å². The van der Waals surface area contributed by atoms with Gasteiger partial charge in [-0.15, -0.1) is 11.8 Å². The van der Waals surface area contributed by atoms with Crippen molar-refractivity contribution in [1.29, 1.82) is 0 Å². The van der Waals surface area contributed by atoms with Gasteiger partial charge in [-0.2, -0.15) is 8.78 Å². The van der Waals surface area contributed by atoms with Gasteiger partial charge in [0.1, 0.15) is 5.75 Å². The van der Waals surface area contributed by atoms with Gasteiger partial charge >= 0.3 is 6.61 Å². The van der Waals surface area contributed by atoms with E-state index in [2.05, 4.69) is 10.1 Å². The molecule has 0 spiro atoms. The third-order valence-corrected chi connectivity index (χ3v) is 3.50. The van der Waals surface area contributed by atoms with E-state index in [0.29, 0.717) is 5.69 Å². The Bertz CT molecular complexity index is 635. The highest BCUT2D eigenvalue weighted by Gasteiger charge is 2.16. The van der Waals surface area contributed by atoms with Gasteiger partial charge in [-0.3, -0.25) is 4.79 Å². The summed E-state index contributed by atoms with van der Waals surface area (Å²) in [7, 11) is 0. The number of ether oxygens (including phenoxy) is 1. The second-order valence-corrected chi connectivity index (χ2v) is 4.88. The molecule has 0 fully saturated rings. The molecule has 1 N–H and O–H groups in total. The van der Waals surface area contributed by atoms with E-state index in [9.17, 15) is 13.6 Å². The maximum Gasteiger partial charge on any atom is 0.387 e. The van der Waals surface area contributed by atoms with E-state index in [1.165, 1.54) is 30.0 Å². The minimum atomic E-state index is -2.97. The van der Waals surface area contributed by atoms with Crippen LogP contribution in [0.25, 0.3) is 0 Å². The zero-order valence-electron chi connectivity index (χ0n) is 11.2. The predicted octanol–water partition coefficient (Wildman–Crippen LogP) is 4.26. The fourth-order valence-electron chi connectivity index (χ4n) is 1.79. The summed E-state index contributed by atoms with van der Waals surface area (Å²) in [6, 6.07) is 13.2. The smallest absolute Gasteiger partial charge is 0.387 e. The van der Waals surface area contributed by atoms with Gasteiger partial charge in [-0.25, -0.2) is 0 Å². The summed E-state index contributed by atoms with van der Waals surface area (Å²) in [4.78, 5) is 13.1. The van der Waals surface area contributed by atoms with Gasteiger partial charge in [0.15, 0.2) is 0 Å². The number of hydrogen-bond acceptors (Lipinski definition) is 3. The summed E-state index contributed by atoms with van der Waals surface area (Å²) in [5, 5.41) is 2.71. The molecule has 2 aromatic carbocycles. The van der Waals surface area contributed by atoms with Crippen LogP contribution in [0.1, 0.15) is 10.4 Å². The van der Waals surface area contributed by atoms with Gasteiger partial charge < -0.3 is 10.1 Å². The highest BCUT2D eigenvalue weighted by molar-refractivity contribution is 7.98. The summed E-state index contributed by atoms with van der Waals surface area (Å²) < 4.78 is 29.1. The highest BCUT2D eigenvalue weighted by atomic mass is 32.2. The Balaban J connectivity index is 2.24. The van der Waals surface area contributed by atoms with E-state index < -0.39 is 12.5 Å². The quantitative estimate of drug-likeness (QED) is 0.839. The number of rotatable bonds is 5. The van der Waals surface area contributed by atoms with Crippen LogP contribution in [0.5, 0.6) is 5.75 Å². The minimum Gasteiger partial charge on any atom is -0.434 e. The number of carbonyl (C=O) groups is 1. The van der Waals surface area contributed by atoms with Crippen LogP contribution in [0.3, 0.4) is 0 Å². The summed E-state index contributed by atoms with van der Waals surface area (Å²) in [5.74, 6) is -0.639. The first-order valence-electron chi connectivity index (χ1n) is 6.10. The molecule has 0 radical (unpaired) electrons. The molecule has 0 aromatic heterocycles. The summed E-state index contributed by atoms with van der Waals surface area (Å²) >= 11 is 1.48. The number of anilines is 1. The van der Waals surface area contributed by atoms with Crippen molar-refractivity contribution < 1.29 is 18.3 Å². The average Bonchev–Trinajstić information content (AvgIpc) is 2.47. The maximum absolute atomic E-state index is 12.4. The predicted molar refractivity (Wildman–Crippen MR) is 79.3 cm³/mol. The fraction of sp³-hybridized carbons (Fsp3) is 0.133. The Labute approximate surface area is 125 Å². The van der Waals surface area contributed by atoms with E-state index in [0.717, 1.165) is 4.90 Å². The molecule has 0 saturated carbocycles. The Morgan fingerprint density at radius 1 is 1.14 bits per heavy atom. The summed E-state index contributed by atoms with van der Waals surface area (Å²) in [6.45, 7) is -2.97. The van der Waals surface area contributed by atoms with Crippen LogP contribution in [0, 0.1) is 0 Å². The number of carbonyl (C=O) groups excluding carboxylic acids is 1. The lowest BCUT2D eigenvalue weighted by atomic mass is 10.2. The van der Waals surface area contributed by atoms with Crippen molar-refractivity contribution in [2.75, 3.05) is 11.6 Å². The van der Waals surface area contributed by atoms with Crippen LogP contribution in [0.15, 0.2) is 53.4 Å². The zero-order valence-corrected chi connectivity index (χ0v) is 12.0. The van der Waals surface area contributed by atoms with Crippen LogP contribution in [-0.4, -0.2) is 18.8 Å². The van der Waals surface area contributed by atoms with Crippen LogP contribution >= 0.6 is 11.8 Å². The molecule has 0 aliphatic rings. The van der Waals surface area contributed by atoms with E-state index in [4.69, 9.17) is 0 Å². The highest BCUT2D eigenvalue weighted by Crippen LogP contribution is 2.27. The van der Waals surface area contributed by atoms with Crippen LogP contribution in [0.4, 0.5) is 14.5 Å². The van der Waals surface area contributed by atoms with Gasteiger partial charge in [0.25, 0.3) is 5.91 Å². The molecule has 0 unspecified atom stereocenters. The summed E-state index contributed by atoms with van der Waals surface area (Å²) in [5.41, 5.74) is 0.690. The van der Waals surface area contributed by atoms with Crippen molar-refractivity contribution in [1.82, 2.24) is 0 Å². The first-order valence-corrected chi connectivity index (χ1v) is 7.32. The number of nitrogens with one attached hydrogen (secondary N) is 1. The first kappa shape index (κ1) is 15.3. The maximum atomic E-state index is 12.4. The van der Waals surface area contributed by atoms with E-state index >= 15 is 0 Å². The molecule has 0 atom stereocenters. The Morgan fingerprint density at radius 2 is 1.81 bits per heavy atom. The van der Waals surface area contributed by atoms with Crippen molar-refractivity contribution in [3.8, 4) is 5.75 Å². The molecule has 2 rings (SSSR count). The lowest BCUT2D eigenvalue weighted by Crippen LogP contribution is -2.15. The molecule has 0 saturated heterocycles. The number of benzene rings is 2. The van der Waals surface area contributed by atoms with Gasteiger partial charge in [-0.05, 0) is 30.5 Å². The van der Waals surface area contributed by atoms with Crippen molar-refractivity contribution in [3.05, 3.63) is 54.1 Å². The molecule has 0 aliphatic carbocycles. The van der Waals surface area contributed by atoms with Gasteiger partial charge in [-0.1, -0.05) is 24.3 Å². The molecule has 6 heteroatoms. The molecule has 0 heterocycles. The van der Waals surface area contributed by atoms with Crippen molar-refractivity contribution >= 4 is 23.4 Å². The SMILES string of the molecule is CSc1ccccc1NC(=O)c1ccccc1OC(F)F. The second kappa shape index (κ2) is 7.08. The average molecular weight is 309 g/mol. The lowest BCUT2D eigenvalue weighted by Gasteiger charge is -2.12. The Hall–Kier alpha value is -2.08. The van der Waals surface area contributed by atoms with Crippen LogP contribution in [0.2, 0.25) is 0 Å². The van der Waals surface area contributed by atoms with Crippen molar-refractivity contribution in [3.63, 3.8) is 0 Å². The van der Waals surface area contributed by atoms with Gasteiger partial charge in [0.05, 0.1) is 11.3 Å². The second-order valence-electron chi connectivity index (χ2n) is 4.03. The lowest BCUT2D eigenvalue weighted by molar-refractivity contribution is -0.0501. The monoisotopic (exact) mass is 309 g/mol. The Kier molecular flexibility index (Phi) is 5.16. The molecular weight excluding hydrogens is 296 g/mol. The van der Waals surface area contributed by atoms with Gasteiger partial charge in [0, 0.05) is 4.90 Å². The molecule has 0 bridgehead atoms. The number of halogens is 2. The standard InChI is InChI=1S/C15H13F2NO2S/c1-21-13-9-5-3-7-11(13)18-14(19)10-6-2-4-8-12(10)20-15(16)17/h2-9,15H,1H3,(H,18,19). The van der Waals surface area contributed by atoms with Crippen LogP contribution < -0.4 is 10.1 Å². The number of para-hydroxylation sites is 2. The third-order valence-electron chi connectivity index (χ3n) is 2.70. The molecule has 21 heavy (non-hydrogen) atoms. The molecule has 110 valence electrons. The minimum absolute atomic E-state index is 0.0636. The van der Waals surface area contributed by atoms with E-state index in [-0.39, 0.29) is 11.3 Å². The van der Waals surface area contributed by atoms with Crippen molar-refractivity contribution in [2.45, 2.75) is 11.5 Å². The zero-order chi connectivity index (χ0) is 15.2. The molecular formula is C15H13F2NO2S. The van der Waals surface area contributed by atoms with Crippen molar-refractivity contribution in [2.24, 2.45) is 0 Å². The topological polar surface area (TPSA) is 38.3 Å². The van der Waals surface area contributed by atoms with E-state index in [1.807, 2.05) is 18.4 Å². The molecule has 1 amide bonds. The van der Waals surface area contributed by atoms with Gasteiger partial charge in [0.2, 0.25) is 0 Å². The first-order chi connectivity index (χ1) is 10.1. The molecule has 2 aromatic rings. The Morgan fingerprint density at radius 3 is 2.52 bits per heavy atom.